The van der Waals surface area contributed by atoms with E-state index in [4.69, 9.17) is 5.11 Å². The molecule has 1 aromatic rings. The Labute approximate surface area is 122 Å². The van der Waals surface area contributed by atoms with Crippen LogP contribution in [0.5, 0.6) is 0 Å². The first-order valence-corrected chi connectivity index (χ1v) is 6.70. The maximum Gasteiger partial charge on any atom is 0.303 e. The largest absolute Gasteiger partial charge is 0.481 e. The quantitative estimate of drug-likeness (QED) is 0.829. The highest BCUT2D eigenvalue weighted by molar-refractivity contribution is 9.10. The highest BCUT2D eigenvalue weighted by Crippen LogP contribution is 2.31. The highest BCUT2D eigenvalue weighted by Gasteiger charge is 2.35. The van der Waals surface area contributed by atoms with E-state index in [-0.39, 0.29) is 35.0 Å². The normalized spacial score (nSPS) is 15.1. The Morgan fingerprint density at radius 1 is 1.55 bits per heavy atom. The third-order valence-corrected chi connectivity index (χ3v) is 3.84. The summed E-state index contributed by atoms with van der Waals surface area (Å²) in [5.41, 5.74) is 0.444. The van der Waals surface area contributed by atoms with Crippen molar-refractivity contribution in [2.45, 2.75) is 25.4 Å². The molecule has 0 radical (unpaired) electrons. The van der Waals surface area contributed by atoms with Gasteiger partial charge in [0.1, 0.15) is 12.1 Å². The zero-order valence-electron chi connectivity index (χ0n) is 10.3. The second-order valence-electron chi connectivity index (χ2n) is 4.46. The fourth-order valence-corrected chi connectivity index (χ4v) is 2.55. The van der Waals surface area contributed by atoms with E-state index in [2.05, 4.69) is 15.9 Å². The van der Waals surface area contributed by atoms with Crippen LogP contribution in [-0.2, 0) is 16.1 Å². The third kappa shape index (κ3) is 2.58. The minimum atomic E-state index is -1.05. The summed E-state index contributed by atoms with van der Waals surface area (Å²) < 4.78 is 14.2. The Hall–Kier alpha value is -1.76. The van der Waals surface area contributed by atoms with Gasteiger partial charge in [0.25, 0.3) is 5.91 Å². The Kier molecular flexibility index (Phi) is 4.17. The molecule has 20 heavy (non-hydrogen) atoms. The van der Waals surface area contributed by atoms with Crippen LogP contribution < -0.4 is 0 Å². The number of carbonyl (C=O) groups is 3. The van der Waals surface area contributed by atoms with E-state index in [0.717, 1.165) is 0 Å². The van der Waals surface area contributed by atoms with Gasteiger partial charge in [-0.25, -0.2) is 4.39 Å². The van der Waals surface area contributed by atoms with E-state index in [1.165, 1.54) is 17.0 Å². The molecular formula is C13H11BrFNO4. The van der Waals surface area contributed by atoms with Gasteiger partial charge in [0.2, 0.25) is 0 Å². The minimum absolute atomic E-state index is 0.0152. The van der Waals surface area contributed by atoms with Crippen molar-refractivity contribution in [3.05, 3.63) is 33.5 Å². The first kappa shape index (κ1) is 14.6. The number of halogens is 2. The van der Waals surface area contributed by atoms with E-state index in [1.807, 2.05) is 0 Å². The number of aliphatic carboxylic acids is 1. The first-order chi connectivity index (χ1) is 9.45. The summed E-state index contributed by atoms with van der Waals surface area (Å²) in [6, 6.07) is 2.07. The maximum absolute atomic E-state index is 13.9. The van der Waals surface area contributed by atoms with Crippen molar-refractivity contribution in [3.63, 3.8) is 0 Å². The number of nitrogens with zero attached hydrogens (tertiary/aromatic N) is 1. The topological polar surface area (TPSA) is 74.7 Å². The minimum Gasteiger partial charge on any atom is -0.481 e. The van der Waals surface area contributed by atoms with Crippen LogP contribution in [-0.4, -0.2) is 34.2 Å². The maximum atomic E-state index is 13.9. The van der Waals surface area contributed by atoms with Crippen LogP contribution in [0.2, 0.25) is 0 Å². The number of fused-ring (bicyclic) bond motifs is 1. The van der Waals surface area contributed by atoms with Crippen LogP contribution in [0, 0.1) is 5.82 Å². The molecule has 1 aliphatic rings. The molecule has 0 unspecified atom stereocenters. The van der Waals surface area contributed by atoms with Gasteiger partial charge >= 0.3 is 5.97 Å². The lowest BCUT2D eigenvalue weighted by molar-refractivity contribution is -0.137. The first-order valence-electron chi connectivity index (χ1n) is 5.90. The van der Waals surface area contributed by atoms with Gasteiger partial charge in [-0.2, -0.15) is 0 Å². The van der Waals surface area contributed by atoms with E-state index < -0.39 is 23.7 Å². The molecule has 0 fully saturated rings. The van der Waals surface area contributed by atoms with Gasteiger partial charge in [-0.15, -0.1) is 0 Å². The molecule has 0 saturated carbocycles. The third-order valence-electron chi connectivity index (χ3n) is 3.23. The summed E-state index contributed by atoms with van der Waals surface area (Å²) in [4.78, 5) is 35.0. The van der Waals surface area contributed by atoms with E-state index in [0.29, 0.717) is 6.29 Å². The van der Waals surface area contributed by atoms with Crippen molar-refractivity contribution >= 4 is 34.1 Å². The standard InChI is InChI=1S/C13H11BrFNO4/c14-10-3-2-8-9(12(10)15)5-16(13(8)20)7(6-17)1-4-11(18)19/h2-3,6-7H,1,4-5H2,(H,18,19)/t7-/m0/s1. The van der Waals surface area contributed by atoms with Gasteiger partial charge in [-0.05, 0) is 34.5 Å². The number of carbonyl (C=O) groups excluding carboxylic acids is 2. The predicted octanol–water partition coefficient (Wildman–Crippen LogP) is 1.98. The molecular weight excluding hydrogens is 333 g/mol. The number of aldehydes is 1. The van der Waals surface area contributed by atoms with E-state index in [9.17, 15) is 18.8 Å². The van der Waals surface area contributed by atoms with Crippen molar-refractivity contribution in [1.82, 2.24) is 4.90 Å². The molecule has 7 heteroatoms. The lowest BCUT2D eigenvalue weighted by Crippen LogP contribution is -2.37. The van der Waals surface area contributed by atoms with Crippen molar-refractivity contribution in [2.24, 2.45) is 0 Å². The molecule has 0 bridgehead atoms. The number of hydrogen-bond acceptors (Lipinski definition) is 3. The van der Waals surface area contributed by atoms with Gasteiger partial charge in [-0.1, -0.05) is 0 Å². The Bertz CT molecular complexity index is 590. The zero-order valence-corrected chi connectivity index (χ0v) is 11.9. The Morgan fingerprint density at radius 3 is 2.85 bits per heavy atom. The fourth-order valence-electron chi connectivity index (χ4n) is 2.18. The van der Waals surface area contributed by atoms with Crippen LogP contribution in [0.1, 0.15) is 28.8 Å². The van der Waals surface area contributed by atoms with E-state index >= 15 is 0 Å². The van der Waals surface area contributed by atoms with Crippen LogP contribution in [0.25, 0.3) is 0 Å². The smallest absolute Gasteiger partial charge is 0.303 e. The molecule has 1 amide bonds. The van der Waals surface area contributed by atoms with Crippen LogP contribution >= 0.6 is 15.9 Å². The number of amides is 1. The van der Waals surface area contributed by atoms with Gasteiger partial charge in [-0.3, -0.25) is 9.59 Å². The fraction of sp³-hybridized carbons (Fsp3) is 0.308. The number of hydrogen-bond donors (Lipinski definition) is 1. The van der Waals surface area contributed by atoms with E-state index in [1.54, 1.807) is 0 Å². The van der Waals surface area contributed by atoms with Crippen molar-refractivity contribution in [3.8, 4) is 0 Å². The molecule has 1 aromatic carbocycles. The summed E-state index contributed by atoms with van der Waals surface area (Å²) in [7, 11) is 0. The predicted molar refractivity (Wildman–Crippen MR) is 70.7 cm³/mol. The Morgan fingerprint density at radius 2 is 2.25 bits per heavy atom. The average molecular weight is 344 g/mol. The van der Waals surface area contributed by atoms with Crippen molar-refractivity contribution in [1.29, 1.82) is 0 Å². The lowest BCUT2D eigenvalue weighted by Gasteiger charge is -2.22. The van der Waals surface area contributed by atoms with Crippen LogP contribution in [0.4, 0.5) is 4.39 Å². The molecule has 5 nitrogen and oxygen atoms in total. The molecule has 1 N–H and O–H groups in total. The summed E-state index contributed by atoms with van der Waals surface area (Å²) in [5, 5.41) is 8.64. The summed E-state index contributed by atoms with van der Waals surface area (Å²) in [6.07, 6.45) is 0.316. The summed E-state index contributed by atoms with van der Waals surface area (Å²) in [6.45, 7) is -0.0253. The Balaban J connectivity index is 2.25. The van der Waals surface area contributed by atoms with Gasteiger partial charge in [0, 0.05) is 17.5 Å². The molecule has 0 spiro atoms. The zero-order chi connectivity index (χ0) is 14.9. The van der Waals surface area contributed by atoms with Crippen molar-refractivity contribution in [2.75, 3.05) is 0 Å². The summed E-state index contributed by atoms with van der Waals surface area (Å²) >= 11 is 3.04. The molecule has 0 aliphatic carbocycles. The van der Waals surface area contributed by atoms with Gasteiger partial charge < -0.3 is 14.8 Å². The molecule has 2 rings (SSSR count). The van der Waals surface area contributed by atoms with Gasteiger partial charge in [0.05, 0.1) is 17.1 Å². The molecule has 0 saturated heterocycles. The number of benzene rings is 1. The monoisotopic (exact) mass is 343 g/mol. The molecule has 106 valence electrons. The SMILES string of the molecule is O=C[C@H](CCC(=O)O)N1Cc2c(ccc(Br)c2F)C1=O. The molecule has 1 atom stereocenters. The van der Waals surface area contributed by atoms with Crippen LogP contribution in [0.15, 0.2) is 16.6 Å². The molecule has 0 aromatic heterocycles. The second-order valence-corrected chi connectivity index (χ2v) is 5.31. The number of carboxylic acids is 1. The van der Waals surface area contributed by atoms with Gasteiger partial charge in [0.15, 0.2) is 0 Å². The molecule has 1 aliphatic heterocycles. The second kappa shape index (κ2) is 5.70. The van der Waals surface area contributed by atoms with Crippen molar-refractivity contribution < 1.29 is 23.9 Å². The van der Waals surface area contributed by atoms with Crippen LogP contribution in [0.3, 0.4) is 0 Å². The number of carboxylic acid groups (broad SMARTS) is 1. The lowest BCUT2D eigenvalue weighted by atomic mass is 10.1. The summed E-state index contributed by atoms with van der Waals surface area (Å²) in [5.74, 6) is -2.02. The average Bonchev–Trinajstić information content (AvgIpc) is 2.73. The molecule has 1 heterocycles. The highest BCUT2D eigenvalue weighted by atomic mass is 79.9. The number of rotatable bonds is 5.